The molecule has 0 aliphatic carbocycles. The van der Waals surface area contributed by atoms with Crippen molar-refractivity contribution < 1.29 is 0 Å². The fourth-order valence-corrected chi connectivity index (χ4v) is 3.54. The standard InChI is InChI=1S/C13H12BrClS/c14-13-7-6-12(16-13)8-11(9-15)10-4-2-1-3-5-10/h1-7,11H,8-9H2. The minimum absolute atomic E-state index is 0.411. The quantitative estimate of drug-likeness (QED) is 0.691. The summed E-state index contributed by atoms with van der Waals surface area (Å²) < 4.78 is 1.18. The molecule has 0 saturated heterocycles. The number of rotatable bonds is 4. The molecule has 0 aliphatic heterocycles. The maximum atomic E-state index is 6.05. The van der Waals surface area contributed by atoms with E-state index in [1.54, 1.807) is 11.3 Å². The van der Waals surface area contributed by atoms with Crippen molar-refractivity contribution in [1.29, 1.82) is 0 Å². The highest BCUT2D eigenvalue weighted by Crippen LogP contribution is 2.28. The first-order valence-electron chi connectivity index (χ1n) is 5.14. The number of hydrogen-bond donors (Lipinski definition) is 0. The molecule has 0 nitrogen and oxygen atoms in total. The normalized spacial score (nSPS) is 12.6. The van der Waals surface area contributed by atoms with Gasteiger partial charge in [-0.1, -0.05) is 30.3 Å². The molecule has 0 amide bonds. The molecule has 1 atom stereocenters. The van der Waals surface area contributed by atoms with E-state index < -0.39 is 0 Å². The predicted octanol–water partition coefficient (Wildman–Crippen LogP) is 5.08. The lowest BCUT2D eigenvalue weighted by Crippen LogP contribution is -2.03. The zero-order chi connectivity index (χ0) is 11.4. The van der Waals surface area contributed by atoms with Gasteiger partial charge in [0.05, 0.1) is 3.79 Å². The molecule has 0 saturated carbocycles. The van der Waals surface area contributed by atoms with Crippen molar-refractivity contribution in [2.45, 2.75) is 12.3 Å². The van der Waals surface area contributed by atoms with Crippen molar-refractivity contribution in [3.63, 3.8) is 0 Å². The Morgan fingerprint density at radius 3 is 2.44 bits per heavy atom. The number of hydrogen-bond acceptors (Lipinski definition) is 1. The van der Waals surface area contributed by atoms with Gasteiger partial charge >= 0.3 is 0 Å². The van der Waals surface area contributed by atoms with Gasteiger partial charge in [0.15, 0.2) is 0 Å². The van der Waals surface area contributed by atoms with Crippen LogP contribution in [-0.2, 0) is 6.42 Å². The summed E-state index contributed by atoms with van der Waals surface area (Å²) in [7, 11) is 0. The Bertz CT molecular complexity index is 438. The Hall–Kier alpha value is -0.310. The average Bonchev–Trinajstić information content (AvgIpc) is 2.73. The number of thiophene rings is 1. The van der Waals surface area contributed by atoms with E-state index in [0.29, 0.717) is 11.8 Å². The molecular weight excluding hydrogens is 304 g/mol. The highest BCUT2D eigenvalue weighted by atomic mass is 79.9. The van der Waals surface area contributed by atoms with Crippen molar-refractivity contribution in [2.75, 3.05) is 5.88 Å². The SMILES string of the molecule is ClCC(Cc1ccc(Br)s1)c1ccccc1. The van der Waals surface area contributed by atoms with Crippen LogP contribution in [0.15, 0.2) is 46.3 Å². The van der Waals surface area contributed by atoms with Crippen molar-refractivity contribution in [3.8, 4) is 0 Å². The zero-order valence-electron chi connectivity index (χ0n) is 8.70. The lowest BCUT2D eigenvalue weighted by atomic mass is 9.97. The summed E-state index contributed by atoms with van der Waals surface area (Å²) in [6, 6.07) is 14.7. The average molecular weight is 316 g/mol. The minimum Gasteiger partial charge on any atom is -0.133 e. The molecule has 84 valence electrons. The second-order valence-corrected chi connectivity index (χ2v) is 6.53. The van der Waals surface area contributed by atoms with Gasteiger partial charge in [0, 0.05) is 16.7 Å². The third-order valence-corrected chi connectivity index (χ3v) is 4.55. The molecule has 2 aromatic rings. The molecule has 16 heavy (non-hydrogen) atoms. The van der Waals surface area contributed by atoms with Crippen molar-refractivity contribution >= 4 is 38.9 Å². The lowest BCUT2D eigenvalue weighted by Gasteiger charge is -2.12. The van der Waals surface area contributed by atoms with E-state index in [4.69, 9.17) is 11.6 Å². The van der Waals surface area contributed by atoms with Gasteiger partial charge in [-0.15, -0.1) is 22.9 Å². The Balaban J connectivity index is 2.12. The highest BCUT2D eigenvalue weighted by molar-refractivity contribution is 9.11. The molecule has 3 heteroatoms. The van der Waals surface area contributed by atoms with Gasteiger partial charge in [0.1, 0.15) is 0 Å². The van der Waals surface area contributed by atoms with Gasteiger partial charge in [-0.2, -0.15) is 0 Å². The maximum absolute atomic E-state index is 6.05. The van der Waals surface area contributed by atoms with Gasteiger partial charge in [-0.3, -0.25) is 0 Å². The summed E-state index contributed by atoms with van der Waals surface area (Å²) in [5.41, 5.74) is 1.32. The summed E-state index contributed by atoms with van der Waals surface area (Å²) in [4.78, 5) is 1.38. The summed E-state index contributed by atoms with van der Waals surface area (Å²) in [6.07, 6.45) is 1.02. The summed E-state index contributed by atoms with van der Waals surface area (Å²) in [5.74, 6) is 1.08. The van der Waals surface area contributed by atoms with Gasteiger partial charge in [0.25, 0.3) is 0 Å². The second-order valence-electron chi connectivity index (χ2n) is 3.67. The highest BCUT2D eigenvalue weighted by Gasteiger charge is 2.11. The third-order valence-electron chi connectivity index (χ3n) is 2.53. The third kappa shape index (κ3) is 3.09. The van der Waals surface area contributed by atoms with Crippen LogP contribution in [0, 0.1) is 0 Å². The van der Waals surface area contributed by atoms with Crippen LogP contribution in [0.4, 0.5) is 0 Å². The molecule has 0 spiro atoms. The van der Waals surface area contributed by atoms with E-state index in [1.807, 2.05) is 6.07 Å². The number of halogens is 2. The molecule has 0 fully saturated rings. The van der Waals surface area contributed by atoms with Gasteiger partial charge in [-0.05, 0) is 40.0 Å². The minimum atomic E-state index is 0.411. The van der Waals surface area contributed by atoms with Crippen LogP contribution < -0.4 is 0 Å². The van der Waals surface area contributed by atoms with Crippen molar-refractivity contribution in [1.82, 2.24) is 0 Å². The number of benzene rings is 1. The Kier molecular flexibility index (Phi) is 4.45. The summed E-state index contributed by atoms with van der Waals surface area (Å²) >= 11 is 11.3. The first-order chi connectivity index (χ1) is 7.79. The molecule has 0 N–H and O–H groups in total. The molecule has 0 radical (unpaired) electrons. The van der Waals surface area contributed by atoms with E-state index in [9.17, 15) is 0 Å². The Morgan fingerprint density at radius 2 is 1.88 bits per heavy atom. The summed E-state index contributed by atoms with van der Waals surface area (Å²) in [5, 5.41) is 0. The van der Waals surface area contributed by atoms with Crippen LogP contribution in [0.5, 0.6) is 0 Å². The largest absolute Gasteiger partial charge is 0.133 e. The van der Waals surface area contributed by atoms with Gasteiger partial charge < -0.3 is 0 Å². The lowest BCUT2D eigenvalue weighted by molar-refractivity contribution is 0.776. The molecule has 1 aromatic carbocycles. The van der Waals surface area contributed by atoms with E-state index in [1.165, 1.54) is 14.2 Å². The van der Waals surface area contributed by atoms with E-state index in [0.717, 1.165) is 6.42 Å². The number of alkyl halides is 1. The monoisotopic (exact) mass is 314 g/mol. The fraction of sp³-hybridized carbons (Fsp3) is 0.231. The first-order valence-corrected chi connectivity index (χ1v) is 7.29. The predicted molar refractivity (Wildman–Crippen MR) is 75.6 cm³/mol. The van der Waals surface area contributed by atoms with Crippen LogP contribution >= 0.6 is 38.9 Å². The van der Waals surface area contributed by atoms with Crippen LogP contribution in [0.2, 0.25) is 0 Å². The molecule has 1 unspecified atom stereocenters. The molecule has 1 aromatic heterocycles. The molecule has 2 rings (SSSR count). The van der Waals surface area contributed by atoms with E-state index in [-0.39, 0.29) is 0 Å². The molecule has 1 heterocycles. The fourth-order valence-electron chi connectivity index (χ4n) is 1.69. The van der Waals surface area contributed by atoms with E-state index >= 15 is 0 Å². The summed E-state index contributed by atoms with van der Waals surface area (Å²) in [6.45, 7) is 0. The van der Waals surface area contributed by atoms with E-state index in [2.05, 4.69) is 52.3 Å². The first kappa shape index (κ1) is 12.2. The zero-order valence-corrected chi connectivity index (χ0v) is 11.9. The Morgan fingerprint density at radius 1 is 1.12 bits per heavy atom. The van der Waals surface area contributed by atoms with Gasteiger partial charge in [-0.25, -0.2) is 0 Å². The van der Waals surface area contributed by atoms with Crippen LogP contribution in [0.1, 0.15) is 16.4 Å². The van der Waals surface area contributed by atoms with Crippen LogP contribution in [0.3, 0.4) is 0 Å². The smallest absolute Gasteiger partial charge is 0.0701 e. The van der Waals surface area contributed by atoms with Crippen molar-refractivity contribution in [2.24, 2.45) is 0 Å². The topological polar surface area (TPSA) is 0 Å². The van der Waals surface area contributed by atoms with Crippen LogP contribution in [-0.4, -0.2) is 5.88 Å². The van der Waals surface area contributed by atoms with Crippen LogP contribution in [0.25, 0.3) is 0 Å². The van der Waals surface area contributed by atoms with Gasteiger partial charge in [0.2, 0.25) is 0 Å². The second kappa shape index (κ2) is 5.85. The Labute approximate surface area is 113 Å². The molecule has 0 bridgehead atoms. The molecule has 0 aliphatic rings. The maximum Gasteiger partial charge on any atom is 0.0701 e. The molecular formula is C13H12BrClS. The van der Waals surface area contributed by atoms with Crippen molar-refractivity contribution in [3.05, 3.63) is 56.7 Å².